The Kier molecular flexibility index (Phi) is 6.96. The smallest absolute Gasteiger partial charge is 0.0447 e. The molecule has 1 rings (SSSR count). The third kappa shape index (κ3) is 4.09. The molecule has 0 saturated heterocycles. The number of nitrogens with one attached hydrogen (secondary N) is 1. The first-order valence-electron chi connectivity index (χ1n) is 7.38. The van der Waals surface area contributed by atoms with Gasteiger partial charge in [-0.25, -0.2) is 0 Å². The van der Waals surface area contributed by atoms with Gasteiger partial charge in [0.15, 0.2) is 0 Å². The van der Waals surface area contributed by atoms with Gasteiger partial charge in [-0.15, -0.1) is 0 Å². The van der Waals surface area contributed by atoms with Crippen LogP contribution in [-0.4, -0.2) is 17.6 Å². The minimum Gasteiger partial charge on any atom is -0.313 e. The molecule has 18 heavy (non-hydrogen) atoms. The van der Waals surface area contributed by atoms with Crippen molar-refractivity contribution in [3.63, 3.8) is 0 Å². The normalized spacial score (nSPS) is 14.7. The fourth-order valence-electron chi connectivity index (χ4n) is 2.69. The predicted molar refractivity (Wildman–Crippen MR) is 78.8 cm³/mol. The Morgan fingerprint density at radius 3 is 2.39 bits per heavy atom. The first kappa shape index (κ1) is 15.2. The number of aromatic nitrogens is 1. The second kappa shape index (κ2) is 8.25. The van der Waals surface area contributed by atoms with E-state index in [1.807, 2.05) is 12.3 Å². The summed E-state index contributed by atoms with van der Waals surface area (Å²) in [6.07, 6.45) is 5.55. The zero-order valence-electron chi connectivity index (χ0n) is 12.3. The molecule has 1 aromatic heterocycles. The number of nitrogens with zero attached hydrogens (tertiary/aromatic N) is 1. The molecule has 102 valence electrons. The molecule has 0 fully saturated rings. The Hall–Kier alpha value is -0.890. The van der Waals surface area contributed by atoms with Crippen LogP contribution < -0.4 is 5.32 Å². The molecule has 2 unspecified atom stereocenters. The lowest BCUT2D eigenvalue weighted by Gasteiger charge is -2.31. The molecular formula is C16H28N2. The van der Waals surface area contributed by atoms with Gasteiger partial charge in [0.25, 0.3) is 0 Å². The maximum atomic E-state index is 4.52. The number of hydrogen-bond donors (Lipinski definition) is 1. The van der Waals surface area contributed by atoms with Gasteiger partial charge in [0.05, 0.1) is 0 Å². The Morgan fingerprint density at radius 2 is 1.89 bits per heavy atom. The van der Waals surface area contributed by atoms with Crippen molar-refractivity contribution in [1.82, 2.24) is 10.3 Å². The van der Waals surface area contributed by atoms with Crippen LogP contribution in [0, 0.1) is 5.92 Å². The number of pyridine rings is 1. The molecule has 2 atom stereocenters. The highest BCUT2D eigenvalue weighted by atomic mass is 14.9. The molecule has 0 bridgehead atoms. The highest BCUT2D eigenvalue weighted by Gasteiger charge is 2.25. The van der Waals surface area contributed by atoms with Gasteiger partial charge in [-0.1, -0.05) is 46.6 Å². The lowest BCUT2D eigenvalue weighted by Crippen LogP contribution is -2.40. The van der Waals surface area contributed by atoms with Crippen LogP contribution in [0.1, 0.15) is 58.6 Å². The lowest BCUT2D eigenvalue weighted by molar-refractivity contribution is 0.296. The summed E-state index contributed by atoms with van der Waals surface area (Å²) >= 11 is 0. The molecule has 0 spiro atoms. The maximum absolute atomic E-state index is 4.52. The maximum Gasteiger partial charge on any atom is 0.0447 e. The van der Waals surface area contributed by atoms with Gasteiger partial charge in [-0.3, -0.25) is 4.98 Å². The quantitative estimate of drug-likeness (QED) is 0.752. The summed E-state index contributed by atoms with van der Waals surface area (Å²) in [5, 5.41) is 3.73. The highest BCUT2D eigenvalue weighted by Crippen LogP contribution is 2.26. The first-order valence-corrected chi connectivity index (χ1v) is 7.38. The van der Waals surface area contributed by atoms with E-state index in [9.17, 15) is 0 Å². The standard InChI is InChI=1S/C16H28N2/c1-5-11-18-16(14(6-2)7-3)13(4)15-10-8-9-12-17-15/h8-10,12-14,16,18H,5-7,11H2,1-4H3. The van der Waals surface area contributed by atoms with Crippen LogP contribution in [0.25, 0.3) is 0 Å². The topological polar surface area (TPSA) is 24.9 Å². The molecule has 1 heterocycles. The van der Waals surface area contributed by atoms with Crippen molar-refractivity contribution in [3.8, 4) is 0 Å². The molecule has 0 aliphatic carbocycles. The Morgan fingerprint density at radius 1 is 1.17 bits per heavy atom. The molecule has 2 heteroatoms. The second-order valence-corrected chi connectivity index (χ2v) is 5.10. The minimum absolute atomic E-state index is 0.475. The van der Waals surface area contributed by atoms with E-state index in [1.54, 1.807) is 0 Å². The van der Waals surface area contributed by atoms with Crippen LogP contribution in [0.5, 0.6) is 0 Å². The van der Waals surface area contributed by atoms with Crippen molar-refractivity contribution in [2.75, 3.05) is 6.54 Å². The largest absolute Gasteiger partial charge is 0.313 e. The van der Waals surface area contributed by atoms with Crippen LogP contribution in [-0.2, 0) is 0 Å². The summed E-state index contributed by atoms with van der Waals surface area (Å²) in [4.78, 5) is 4.52. The van der Waals surface area contributed by atoms with Crippen LogP contribution in [0.4, 0.5) is 0 Å². The molecule has 0 saturated carbocycles. The van der Waals surface area contributed by atoms with Gasteiger partial charge in [-0.2, -0.15) is 0 Å². The summed E-state index contributed by atoms with van der Waals surface area (Å²) in [5.41, 5.74) is 1.21. The van der Waals surface area contributed by atoms with E-state index in [4.69, 9.17) is 0 Å². The third-order valence-electron chi connectivity index (χ3n) is 3.88. The Balaban J connectivity index is 2.81. The van der Waals surface area contributed by atoms with Gasteiger partial charge in [0.2, 0.25) is 0 Å². The zero-order chi connectivity index (χ0) is 13.4. The first-order chi connectivity index (χ1) is 8.74. The molecule has 1 N–H and O–H groups in total. The van der Waals surface area contributed by atoms with E-state index in [0.717, 1.165) is 12.5 Å². The van der Waals surface area contributed by atoms with Crippen molar-refractivity contribution >= 4 is 0 Å². The fourth-order valence-corrected chi connectivity index (χ4v) is 2.69. The van der Waals surface area contributed by atoms with Gasteiger partial charge in [0, 0.05) is 23.9 Å². The zero-order valence-corrected chi connectivity index (χ0v) is 12.3. The molecule has 0 aromatic carbocycles. The lowest BCUT2D eigenvalue weighted by atomic mass is 9.84. The van der Waals surface area contributed by atoms with E-state index in [0.29, 0.717) is 12.0 Å². The van der Waals surface area contributed by atoms with Crippen molar-refractivity contribution < 1.29 is 0 Å². The van der Waals surface area contributed by atoms with Crippen LogP contribution >= 0.6 is 0 Å². The Bertz CT molecular complexity index is 306. The van der Waals surface area contributed by atoms with E-state index in [2.05, 4.69) is 50.1 Å². The second-order valence-electron chi connectivity index (χ2n) is 5.10. The molecule has 0 aliphatic rings. The summed E-state index contributed by atoms with van der Waals surface area (Å²) < 4.78 is 0. The van der Waals surface area contributed by atoms with Crippen molar-refractivity contribution in [2.45, 2.75) is 58.9 Å². The van der Waals surface area contributed by atoms with Crippen LogP contribution in [0.3, 0.4) is 0 Å². The van der Waals surface area contributed by atoms with E-state index in [1.165, 1.54) is 25.0 Å². The number of rotatable bonds is 8. The van der Waals surface area contributed by atoms with E-state index >= 15 is 0 Å². The van der Waals surface area contributed by atoms with Crippen molar-refractivity contribution in [2.24, 2.45) is 5.92 Å². The molecule has 1 aromatic rings. The molecule has 0 aliphatic heterocycles. The average molecular weight is 248 g/mol. The molecule has 0 radical (unpaired) electrons. The third-order valence-corrected chi connectivity index (χ3v) is 3.88. The minimum atomic E-state index is 0.475. The predicted octanol–water partition coefficient (Wildman–Crippen LogP) is 3.99. The highest BCUT2D eigenvalue weighted by molar-refractivity contribution is 5.11. The van der Waals surface area contributed by atoms with Crippen molar-refractivity contribution in [3.05, 3.63) is 30.1 Å². The van der Waals surface area contributed by atoms with Gasteiger partial charge in [-0.05, 0) is 31.0 Å². The van der Waals surface area contributed by atoms with E-state index in [-0.39, 0.29) is 0 Å². The number of hydrogen-bond acceptors (Lipinski definition) is 2. The fraction of sp³-hybridized carbons (Fsp3) is 0.688. The van der Waals surface area contributed by atoms with E-state index < -0.39 is 0 Å². The summed E-state index contributed by atoms with van der Waals surface area (Å²) in [6, 6.07) is 6.76. The van der Waals surface area contributed by atoms with Crippen molar-refractivity contribution in [1.29, 1.82) is 0 Å². The molecule has 0 amide bonds. The van der Waals surface area contributed by atoms with Crippen LogP contribution in [0.2, 0.25) is 0 Å². The Labute approximate surface area is 112 Å². The molecular weight excluding hydrogens is 220 g/mol. The van der Waals surface area contributed by atoms with Gasteiger partial charge >= 0.3 is 0 Å². The summed E-state index contributed by atoms with van der Waals surface area (Å²) in [7, 11) is 0. The monoisotopic (exact) mass is 248 g/mol. The average Bonchev–Trinajstić information content (AvgIpc) is 2.43. The SMILES string of the molecule is CCCNC(C(CC)CC)C(C)c1ccccn1. The van der Waals surface area contributed by atoms with Gasteiger partial charge in [0.1, 0.15) is 0 Å². The summed E-state index contributed by atoms with van der Waals surface area (Å²) in [6.45, 7) is 10.2. The molecule has 2 nitrogen and oxygen atoms in total. The van der Waals surface area contributed by atoms with Gasteiger partial charge < -0.3 is 5.32 Å². The summed E-state index contributed by atoms with van der Waals surface area (Å²) in [5.74, 6) is 1.20. The van der Waals surface area contributed by atoms with Crippen LogP contribution in [0.15, 0.2) is 24.4 Å².